The molecule has 8 heteroatoms. The Labute approximate surface area is 107 Å². The number of aliphatic hydroxyl groups excluding tert-OH is 1. The fraction of sp³-hybridized carbons (Fsp3) is 0.400. The fourth-order valence-electron chi connectivity index (χ4n) is 0.878. The quantitative estimate of drug-likeness (QED) is 0.456. The van der Waals surface area contributed by atoms with Crippen molar-refractivity contribution >= 4 is 16.1 Å². The summed E-state index contributed by atoms with van der Waals surface area (Å²) in [5.74, 6) is 0. The van der Waals surface area contributed by atoms with Crippen molar-refractivity contribution in [2.24, 2.45) is 0 Å². The van der Waals surface area contributed by atoms with Gasteiger partial charge in [-0.2, -0.15) is 8.42 Å². The summed E-state index contributed by atoms with van der Waals surface area (Å²) >= 11 is 0. The van der Waals surface area contributed by atoms with Gasteiger partial charge in [-0.1, -0.05) is 12.1 Å². The van der Waals surface area contributed by atoms with Gasteiger partial charge in [-0.25, -0.2) is 0 Å². The van der Waals surface area contributed by atoms with Crippen LogP contribution in [0, 0.1) is 0 Å². The lowest BCUT2D eigenvalue weighted by Gasteiger charge is -1.97. The molecule has 0 aliphatic carbocycles. The lowest BCUT2D eigenvalue weighted by molar-refractivity contribution is 0.277. The summed E-state index contributed by atoms with van der Waals surface area (Å²) in [6.45, 7) is 0.184. The van der Waals surface area contributed by atoms with Gasteiger partial charge in [-0.3, -0.25) is 9.11 Å². The topological polar surface area (TPSA) is 130 Å². The Morgan fingerprint density at radius 1 is 1.28 bits per heavy atom. The molecule has 0 aromatic heterocycles. The second-order valence-electron chi connectivity index (χ2n) is 3.07. The molecule has 1 rings (SSSR count). The van der Waals surface area contributed by atoms with E-state index in [4.69, 9.17) is 28.4 Å². The van der Waals surface area contributed by atoms with Crippen molar-refractivity contribution in [2.45, 2.75) is 6.42 Å². The first-order valence-electron chi connectivity index (χ1n) is 4.79. The van der Waals surface area contributed by atoms with Crippen LogP contribution in [-0.4, -0.2) is 43.5 Å². The van der Waals surface area contributed by atoms with Crippen molar-refractivity contribution in [1.82, 2.24) is 0 Å². The minimum Gasteiger partial charge on any atom is -0.399 e. The van der Waals surface area contributed by atoms with E-state index in [-0.39, 0.29) is 6.61 Å². The van der Waals surface area contributed by atoms with E-state index in [0.29, 0.717) is 6.42 Å². The van der Waals surface area contributed by atoms with Crippen LogP contribution in [0.4, 0.5) is 5.69 Å². The standard InChI is InChI=1S/C8H11NO.C2H6O.H2O4S/c9-8-3-1-2-7(6-8)4-5-10;1-3-2;1-5(2,3)4/h1-3,6,10H,4-5,9H2;1-2H3;(H2,1,2,3,4). The van der Waals surface area contributed by atoms with Crippen LogP contribution in [0.1, 0.15) is 5.56 Å². The zero-order valence-electron chi connectivity index (χ0n) is 10.3. The van der Waals surface area contributed by atoms with E-state index in [1.807, 2.05) is 24.3 Å². The zero-order chi connectivity index (χ0) is 14.6. The van der Waals surface area contributed by atoms with E-state index >= 15 is 0 Å². The smallest absolute Gasteiger partial charge is 0.394 e. The molecule has 0 atom stereocenters. The van der Waals surface area contributed by atoms with Crippen LogP contribution in [0.5, 0.6) is 0 Å². The highest BCUT2D eigenvalue weighted by molar-refractivity contribution is 7.79. The van der Waals surface area contributed by atoms with Crippen LogP contribution in [0.15, 0.2) is 24.3 Å². The SMILES string of the molecule is COC.Nc1cccc(CCO)c1.O=S(=O)(O)O. The number of ether oxygens (including phenoxy) is 1. The number of hydrogen-bond donors (Lipinski definition) is 4. The monoisotopic (exact) mass is 281 g/mol. The number of nitrogens with two attached hydrogens (primary N) is 1. The van der Waals surface area contributed by atoms with Gasteiger partial charge >= 0.3 is 10.4 Å². The van der Waals surface area contributed by atoms with E-state index in [1.165, 1.54) is 0 Å². The van der Waals surface area contributed by atoms with E-state index < -0.39 is 10.4 Å². The summed E-state index contributed by atoms with van der Waals surface area (Å²) in [4.78, 5) is 0. The Morgan fingerprint density at radius 3 is 2.06 bits per heavy atom. The lowest BCUT2D eigenvalue weighted by Crippen LogP contribution is -1.91. The number of rotatable bonds is 2. The average molecular weight is 281 g/mol. The van der Waals surface area contributed by atoms with Crippen molar-refractivity contribution in [3.63, 3.8) is 0 Å². The molecule has 7 nitrogen and oxygen atoms in total. The molecule has 18 heavy (non-hydrogen) atoms. The van der Waals surface area contributed by atoms with Crippen molar-refractivity contribution in [3.8, 4) is 0 Å². The van der Waals surface area contributed by atoms with Crippen LogP contribution in [0.3, 0.4) is 0 Å². The molecule has 0 aliphatic rings. The highest BCUT2D eigenvalue weighted by atomic mass is 32.3. The lowest BCUT2D eigenvalue weighted by atomic mass is 10.1. The molecule has 0 heterocycles. The van der Waals surface area contributed by atoms with Gasteiger partial charge in [-0.15, -0.1) is 0 Å². The summed E-state index contributed by atoms with van der Waals surface area (Å²) in [5, 5.41) is 8.57. The minimum atomic E-state index is -4.67. The molecule has 0 saturated heterocycles. The summed E-state index contributed by atoms with van der Waals surface area (Å²) in [6, 6.07) is 7.55. The third-order valence-corrected chi connectivity index (χ3v) is 1.35. The molecule has 1 aromatic carbocycles. The van der Waals surface area contributed by atoms with Crippen LogP contribution in [0.2, 0.25) is 0 Å². The summed E-state index contributed by atoms with van der Waals surface area (Å²) in [5.41, 5.74) is 7.35. The largest absolute Gasteiger partial charge is 0.399 e. The van der Waals surface area contributed by atoms with Gasteiger partial charge in [0.05, 0.1) is 0 Å². The first-order chi connectivity index (χ1) is 8.24. The molecule has 106 valence electrons. The predicted octanol–water partition coefficient (Wildman–Crippen LogP) is 0.413. The average Bonchev–Trinajstić information content (AvgIpc) is 2.16. The highest BCUT2D eigenvalue weighted by Gasteiger charge is 1.90. The molecule has 5 N–H and O–H groups in total. The number of hydrogen-bond acceptors (Lipinski definition) is 5. The molecular weight excluding hydrogens is 262 g/mol. The molecule has 0 bridgehead atoms. The van der Waals surface area contributed by atoms with Crippen LogP contribution in [-0.2, 0) is 21.6 Å². The van der Waals surface area contributed by atoms with Crippen LogP contribution in [0.25, 0.3) is 0 Å². The molecule has 0 saturated carbocycles. The highest BCUT2D eigenvalue weighted by Crippen LogP contribution is 2.06. The maximum absolute atomic E-state index is 8.74. The molecule has 0 unspecified atom stereocenters. The van der Waals surface area contributed by atoms with E-state index in [9.17, 15) is 0 Å². The van der Waals surface area contributed by atoms with E-state index in [0.717, 1.165) is 11.3 Å². The van der Waals surface area contributed by atoms with E-state index in [2.05, 4.69) is 4.74 Å². The minimum absolute atomic E-state index is 0.184. The molecule has 0 amide bonds. The fourth-order valence-corrected chi connectivity index (χ4v) is 0.878. The second-order valence-corrected chi connectivity index (χ2v) is 3.97. The van der Waals surface area contributed by atoms with Gasteiger partial charge in [-0.05, 0) is 24.1 Å². The Bertz CT molecular complexity index is 399. The molecule has 0 aliphatic heterocycles. The van der Waals surface area contributed by atoms with Crippen molar-refractivity contribution < 1.29 is 27.4 Å². The second kappa shape index (κ2) is 10.9. The summed E-state index contributed by atoms with van der Waals surface area (Å²) < 4.78 is 35.8. The van der Waals surface area contributed by atoms with Gasteiger partial charge in [0.1, 0.15) is 0 Å². The number of aliphatic hydroxyl groups is 1. The maximum Gasteiger partial charge on any atom is 0.394 e. The van der Waals surface area contributed by atoms with Crippen molar-refractivity contribution in [2.75, 3.05) is 26.6 Å². The van der Waals surface area contributed by atoms with Gasteiger partial charge in [0.25, 0.3) is 0 Å². The van der Waals surface area contributed by atoms with Crippen molar-refractivity contribution in [3.05, 3.63) is 29.8 Å². The third kappa shape index (κ3) is 20.3. The first-order valence-corrected chi connectivity index (χ1v) is 6.19. The normalized spacial score (nSPS) is 9.61. The summed E-state index contributed by atoms with van der Waals surface area (Å²) in [6.07, 6.45) is 0.686. The molecule has 0 spiro atoms. The summed E-state index contributed by atoms with van der Waals surface area (Å²) in [7, 11) is -1.42. The Morgan fingerprint density at radius 2 is 1.72 bits per heavy atom. The Kier molecular flexibility index (Phi) is 11.6. The predicted molar refractivity (Wildman–Crippen MR) is 68.8 cm³/mol. The van der Waals surface area contributed by atoms with E-state index in [1.54, 1.807) is 14.2 Å². The third-order valence-electron chi connectivity index (χ3n) is 1.35. The Hall–Kier alpha value is -1.19. The number of benzene rings is 1. The molecule has 1 aromatic rings. The Balaban J connectivity index is 0. The van der Waals surface area contributed by atoms with Gasteiger partial charge in [0.2, 0.25) is 0 Å². The molecular formula is C10H19NO6S. The van der Waals surface area contributed by atoms with Gasteiger partial charge < -0.3 is 15.6 Å². The number of methoxy groups -OCH3 is 1. The van der Waals surface area contributed by atoms with Gasteiger partial charge in [0, 0.05) is 26.5 Å². The van der Waals surface area contributed by atoms with Crippen LogP contribution >= 0.6 is 0 Å². The first kappa shape index (κ1) is 19.2. The number of anilines is 1. The maximum atomic E-state index is 8.74. The van der Waals surface area contributed by atoms with Gasteiger partial charge in [0.15, 0.2) is 0 Å². The van der Waals surface area contributed by atoms with Crippen molar-refractivity contribution in [1.29, 1.82) is 0 Å². The molecule has 0 fully saturated rings. The molecule has 0 radical (unpaired) electrons. The van der Waals surface area contributed by atoms with Crippen LogP contribution < -0.4 is 5.73 Å². The number of nitrogen functional groups attached to an aromatic ring is 1. The zero-order valence-corrected chi connectivity index (χ0v) is 11.1.